The molecule has 0 radical (unpaired) electrons. The van der Waals surface area contributed by atoms with E-state index in [0.29, 0.717) is 6.04 Å². The fourth-order valence-corrected chi connectivity index (χ4v) is 2.95. The number of thioether (sulfide) groups is 1. The molecule has 1 unspecified atom stereocenters. The minimum atomic E-state index is 0.632. The summed E-state index contributed by atoms with van der Waals surface area (Å²) in [6.45, 7) is 7.30. The van der Waals surface area contributed by atoms with Crippen molar-refractivity contribution in [2.24, 2.45) is 5.92 Å². The van der Waals surface area contributed by atoms with E-state index in [1.807, 2.05) is 13.8 Å². The van der Waals surface area contributed by atoms with Crippen molar-refractivity contribution in [1.82, 2.24) is 10.3 Å². The van der Waals surface area contributed by atoms with Gasteiger partial charge in [-0.25, -0.2) is 4.98 Å². The highest BCUT2D eigenvalue weighted by Crippen LogP contribution is 2.35. The maximum Gasteiger partial charge on any atom is 0.256 e. The second-order valence-corrected chi connectivity index (χ2v) is 5.80. The quantitative estimate of drug-likeness (QED) is 0.759. The molecule has 96 valence electrons. The highest BCUT2D eigenvalue weighted by molar-refractivity contribution is 7.99. The minimum absolute atomic E-state index is 0.632. The van der Waals surface area contributed by atoms with Gasteiger partial charge < -0.3 is 9.73 Å². The predicted octanol–water partition coefficient (Wildman–Crippen LogP) is 3.16. The summed E-state index contributed by atoms with van der Waals surface area (Å²) in [4.78, 5) is 4.41. The van der Waals surface area contributed by atoms with Crippen molar-refractivity contribution in [3.63, 3.8) is 0 Å². The molecule has 1 N–H and O–H groups in total. The second kappa shape index (κ2) is 5.91. The van der Waals surface area contributed by atoms with Crippen molar-refractivity contribution in [2.45, 2.75) is 51.3 Å². The molecule has 3 nitrogen and oxygen atoms in total. The molecule has 0 bridgehead atoms. The van der Waals surface area contributed by atoms with Crippen LogP contribution >= 0.6 is 11.8 Å². The minimum Gasteiger partial charge on any atom is -0.437 e. The Morgan fingerprint density at radius 3 is 2.76 bits per heavy atom. The molecule has 0 aliphatic heterocycles. The van der Waals surface area contributed by atoms with E-state index in [2.05, 4.69) is 17.2 Å². The molecular weight excluding hydrogens is 232 g/mol. The Hall–Kier alpha value is -0.480. The Kier molecular flexibility index (Phi) is 4.51. The zero-order chi connectivity index (χ0) is 12.3. The van der Waals surface area contributed by atoms with E-state index >= 15 is 0 Å². The van der Waals surface area contributed by atoms with Crippen molar-refractivity contribution in [3.05, 3.63) is 11.5 Å². The van der Waals surface area contributed by atoms with Crippen LogP contribution in [0.25, 0.3) is 0 Å². The standard InChI is InChI=1S/C13H22N2OS/c1-4-7-14-12(11-5-6-11)8-17-13-15-9(2)10(3)16-13/h11-12,14H,4-8H2,1-3H3. The lowest BCUT2D eigenvalue weighted by Gasteiger charge is -2.16. The zero-order valence-corrected chi connectivity index (χ0v) is 11.8. The highest BCUT2D eigenvalue weighted by Gasteiger charge is 2.30. The maximum absolute atomic E-state index is 5.59. The van der Waals surface area contributed by atoms with Gasteiger partial charge in [0.25, 0.3) is 5.22 Å². The van der Waals surface area contributed by atoms with Crippen LogP contribution in [0.2, 0.25) is 0 Å². The van der Waals surface area contributed by atoms with Gasteiger partial charge in [0.1, 0.15) is 5.76 Å². The molecule has 0 amide bonds. The molecule has 4 heteroatoms. The molecule has 2 rings (SSSR count). The first-order valence-electron chi connectivity index (χ1n) is 6.51. The molecule has 1 atom stereocenters. The zero-order valence-electron chi connectivity index (χ0n) is 11.0. The first kappa shape index (κ1) is 13.0. The molecule has 1 aromatic rings. The normalized spacial score (nSPS) is 17.4. The number of aryl methyl sites for hydroxylation is 2. The second-order valence-electron chi connectivity index (χ2n) is 4.83. The van der Waals surface area contributed by atoms with Gasteiger partial charge in [-0.1, -0.05) is 18.7 Å². The van der Waals surface area contributed by atoms with Crippen LogP contribution in [0.4, 0.5) is 0 Å². The Morgan fingerprint density at radius 2 is 2.24 bits per heavy atom. The Balaban J connectivity index is 1.82. The van der Waals surface area contributed by atoms with Gasteiger partial charge in [-0.05, 0) is 45.6 Å². The number of nitrogens with zero attached hydrogens (tertiary/aromatic N) is 1. The number of aromatic nitrogens is 1. The van der Waals surface area contributed by atoms with E-state index in [4.69, 9.17) is 4.42 Å². The van der Waals surface area contributed by atoms with Crippen molar-refractivity contribution in [3.8, 4) is 0 Å². The molecular formula is C13H22N2OS. The number of nitrogens with one attached hydrogen (secondary N) is 1. The van der Waals surface area contributed by atoms with Gasteiger partial charge in [0.2, 0.25) is 0 Å². The van der Waals surface area contributed by atoms with Crippen molar-refractivity contribution in [2.75, 3.05) is 12.3 Å². The van der Waals surface area contributed by atoms with Crippen molar-refractivity contribution < 1.29 is 4.42 Å². The van der Waals surface area contributed by atoms with E-state index in [1.165, 1.54) is 19.3 Å². The third kappa shape index (κ3) is 3.75. The Morgan fingerprint density at radius 1 is 1.47 bits per heavy atom. The number of rotatable bonds is 7. The van der Waals surface area contributed by atoms with E-state index in [-0.39, 0.29) is 0 Å². The van der Waals surface area contributed by atoms with Crippen LogP contribution in [0.3, 0.4) is 0 Å². The van der Waals surface area contributed by atoms with Crippen molar-refractivity contribution >= 4 is 11.8 Å². The molecule has 0 saturated heterocycles. The molecule has 1 aromatic heterocycles. The van der Waals surface area contributed by atoms with E-state index in [9.17, 15) is 0 Å². The van der Waals surface area contributed by atoms with Gasteiger partial charge in [-0.2, -0.15) is 0 Å². The molecule has 1 aliphatic rings. The van der Waals surface area contributed by atoms with Crippen LogP contribution in [-0.4, -0.2) is 23.3 Å². The van der Waals surface area contributed by atoms with Gasteiger partial charge in [0.05, 0.1) is 5.69 Å². The van der Waals surface area contributed by atoms with Gasteiger partial charge in [-0.3, -0.25) is 0 Å². The van der Waals surface area contributed by atoms with Gasteiger partial charge >= 0.3 is 0 Å². The molecule has 1 saturated carbocycles. The first-order valence-corrected chi connectivity index (χ1v) is 7.49. The number of hydrogen-bond donors (Lipinski definition) is 1. The summed E-state index contributed by atoms with van der Waals surface area (Å²) in [5, 5.41) is 4.46. The lowest BCUT2D eigenvalue weighted by atomic mass is 10.2. The predicted molar refractivity (Wildman–Crippen MR) is 71.5 cm³/mol. The van der Waals surface area contributed by atoms with Crippen molar-refractivity contribution in [1.29, 1.82) is 0 Å². The van der Waals surface area contributed by atoms with E-state index in [1.54, 1.807) is 11.8 Å². The Bertz CT molecular complexity index is 341. The molecule has 0 spiro atoms. The summed E-state index contributed by atoms with van der Waals surface area (Å²) in [7, 11) is 0. The lowest BCUT2D eigenvalue weighted by Crippen LogP contribution is -2.33. The third-order valence-corrected chi connectivity index (χ3v) is 4.19. The first-order chi connectivity index (χ1) is 8.20. The molecule has 1 fully saturated rings. The topological polar surface area (TPSA) is 38.1 Å². The molecule has 0 aromatic carbocycles. The summed E-state index contributed by atoms with van der Waals surface area (Å²) in [6.07, 6.45) is 3.96. The summed E-state index contributed by atoms with van der Waals surface area (Å²) >= 11 is 1.74. The number of oxazole rings is 1. The largest absolute Gasteiger partial charge is 0.437 e. The van der Waals surface area contributed by atoms with E-state index < -0.39 is 0 Å². The fraction of sp³-hybridized carbons (Fsp3) is 0.769. The Labute approximate surface area is 108 Å². The average molecular weight is 254 g/mol. The average Bonchev–Trinajstić information content (AvgIpc) is 3.08. The molecule has 1 heterocycles. The SMILES string of the molecule is CCCNC(CSc1nc(C)c(C)o1)C1CC1. The monoisotopic (exact) mass is 254 g/mol. The van der Waals surface area contributed by atoms with Crippen LogP contribution in [0, 0.1) is 19.8 Å². The number of hydrogen-bond acceptors (Lipinski definition) is 4. The third-order valence-electron chi connectivity index (χ3n) is 3.24. The summed E-state index contributed by atoms with van der Waals surface area (Å²) in [5.74, 6) is 2.90. The van der Waals surface area contributed by atoms with Crippen LogP contribution in [-0.2, 0) is 0 Å². The van der Waals surface area contributed by atoms with Gasteiger partial charge in [0.15, 0.2) is 0 Å². The van der Waals surface area contributed by atoms with Crippen LogP contribution in [0.15, 0.2) is 9.64 Å². The fourth-order valence-electron chi connectivity index (χ4n) is 1.86. The van der Waals surface area contributed by atoms with Crippen LogP contribution < -0.4 is 5.32 Å². The van der Waals surface area contributed by atoms with Crippen LogP contribution in [0.5, 0.6) is 0 Å². The van der Waals surface area contributed by atoms with Crippen LogP contribution in [0.1, 0.15) is 37.6 Å². The lowest BCUT2D eigenvalue weighted by molar-refractivity contribution is 0.429. The van der Waals surface area contributed by atoms with E-state index in [0.717, 1.165) is 34.9 Å². The highest BCUT2D eigenvalue weighted by atomic mass is 32.2. The molecule has 1 aliphatic carbocycles. The summed E-state index contributed by atoms with van der Waals surface area (Å²) in [6, 6.07) is 0.632. The van der Waals surface area contributed by atoms with Gasteiger partial charge in [-0.15, -0.1) is 0 Å². The maximum atomic E-state index is 5.59. The smallest absolute Gasteiger partial charge is 0.256 e. The van der Waals surface area contributed by atoms with Gasteiger partial charge in [0, 0.05) is 11.8 Å². The molecule has 17 heavy (non-hydrogen) atoms. The summed E-state index contributed by atoms with van der Waals surface area (Å²) in [5.41, 5.74) is 1.01. The summed E-state index contributed by atoms with van der Waals surface area (Å²) < 4.78 is 5.59.